The Bertz CT molecular complexity index is 1360. The van der Waals surface area contributed by atoms with Crippen LogP contribution < -0.4 is 10.2 Å². The first-order valence-corrected chi connectivity index (χ1v) is 13.5. The lowest BCUT2D eigenvalue weighted by molar-refractivity contribution is 0.0951. The van der Waals surface area contributed by atoms with Crippen molar-refractivity contribution in [3.63, 3.8) is 0 Å². The van der Waals surface area contributed by atoms with E-state index < -0.39 is 0 Å². The molecule has 4 aromatic rings. The average Bonchev–Trinajstić information content (AvgIpc) is 3.31. The van der Waals surface area contributed by atoms with Gasteiger partial charge in [0.1, 0.15) is 17.4 Å². The van der Waals surface area contributed by atoms with Crippen LogP contribution in [-0.2, 0) is 25.9 Å². The van der Waals surface area contributed by atoms with Crippen LogP contribution in [0.5, 0.6) is 0 Å². The zero-order valence-electron chi connectivity index (χ0n) is 21.3. The van der Waals surface area contributed by atoms with Gasteiger partial charge in [-0.25, -0.2) is 9.97 Å². The number of hydrogen-bond acceptors (Lipinski definition) is 5. The average molecular weight is 495 g/mol. The number of rotatable bonds is 7. The molecular formula is C30H34N6O. The Kier molecular flexibility index (Phi) is 6.86. The molecule has 2 aliphatic heterocycles. The summed E-state index contributed by atoms with van der Waals surface area (Å²) in [5.41, 5.74) is 6.14. The summed E-state index contributed by atoms with van der Waals surface area (Å²) in [6.45, 7) is 6.37. The van der Waals surface area contributed by atoms with Crippen LogP contribution in [0.4, 0.5) is 5.82 Å². The molecule has 0 spiro atoms. The van der Waals surface area contributed by atoms with Crippen molar-refractivity contribution < 1.29 is 4.79 Å². The van der Waals surface area contributed by atoms with E-state index in [1.807, 2.05) is 30.3 Å². The Balaban J connectivity index is 1.22. The molecule has 190 valence electrons. The molecule has 0 atom stereocenters. The van der Waals surface area contributed by atoms with Gasteiger partial charge in [-0.1, -0.05) is 60.7 Å². The Labute approximate surface area is 218 Å². The number of piperazine rings is 1. The molecule has 0 saturated carbocycles. The molecule has 4 heterocycles. The van der Waals surface area contributed by atoms with E-state index in [0.717, 1.165) is 98.6 Å². The first-order chi connectivity index (χ1) is 18.3. The minimum atomic E-state index is -0.0418. The third-order valence-corrected chi connectivity index (χ3v) is 7.72. The molecule has 2 aromatic carbocycles. The number of carbonyl (C=O) groups excluding carboxylic acids is 1. The Morgan fingerprint density at radius 2 is 1.57 bits per heavy atom. The molecule has 0 aliphatic carbocycles. The van der Waals surface area contributed by atoms with E-state index in [1.165, 1.54) is 5.56 Å². The molecule has 2 aromatic heterocycles. The van der Waals surface area contributed by atoms with Crippen molar-refractivity contribution in [2.45, 2.75) is 38.8 Å². The van der Waals surface area contributed by atoms with Gasteiger partial charge in [-0.05, 0) is 36.8 Å². The van der Waals surface area contributed by atoms with Crippen LogP contribution in [0.2, 0.25) is 0 Å². The summed E-state index contributed by atoms with van der Waals surface area (Å²) in [6.07, 6.45) is 5.82. The van der Waals surface area contributed by atoms with Gasteiger partial charge in [0.05, 0.1) is 5.56 Å². The minimum Gasteiger partial charge on any atom is -0.352 e. The number of anilines is 1. The lowest BCUT2D eigenvalue weighted by Gasteiger charge is -2.35. The van der Waals surface area contributed by atoms with E-state index in [0.29, 0.717) is 6.54 Å². The number of aryl methyl sites for hydroxylation is 1. The van der Waals surface area contributed by atoms with Crippen LogP contribution >= 0.6 is 0 Å². The molecule has 37 heavy (non-hydrogen) atoms. The summed E-state index contributed by atoms with van der Waals surface area (Å²) in [5, 5.41) is 3.14. The molecule has 6 rings (SSSR count). The maximum Gasteiger partial charge on any atom is 0.255 e. The normalized spacial score (nSPS) is 16.1. The molecule has 2 aliphatic rings. The summed E-state index contributed by atoms with van der Waals surface area (Å²) in [4.78, 5) is 27.8. The largest absolute Gasteiger partial charge is 0.352 e. The summed E-state index contributed by atoms with van der Waals surface area (Å²) < 4.78 is 2.33. The number of nitrogens with one attached hydrogen (secondary N) is 1. The highest BCUT2D eigenvalue weighted by Crippen LogP contribution is 2.34. The summed E-state index contributed by atoms with van der Waals surface area (Å²) in [5.74, 6) is 0.929. The van der Waals surface area contributed by atoms with Crippen LogP contribution in [0.3, 0.4) is 0 Å². The molecule has 7 heteroatoms. The molecule has 1 N–H and O–H groups in total. The maximum absolute atomic E-state index is 13.5. The van der Waals surface area contributed by atoms with E-state index in [9.17, 15) is 4.79 Å². The van der Waals surface area contributed by atoms with Gasteiger partial charge in [0, 0.05) is 51.5 Å². The summed E-state index contributed by atoms with van der Waals surface area (Å²) >= 11 is 0. The van der Waals surface area contributed by atoms with E-state index in [1.54, 1.807) is 6.33 Å². The van der Waals surface area contributed by atoms with Gasteiger partial charge in [0.2, 0.25) is 0 Å². The third-order valence-electron chi connectivity index (χ3n) is 7.72. The van der Waals surface area contributed by atoms with E-state index in [4.69, 9.17) is 4.98 Å². The van der Waals surface area contributed by atoms with Crippen molar-refractivity contribution in [3.05, 3.63) is 89.4 Å². The number of nitrogens with zero attached hydrogens (tertiary/aromatic N) is 5. The Hall–Kier alpha value is -3.71. The molecule has 7 nitrogen and oxygen atoms in total. The van der Waals surface area contributed by atoms with Gasteiger partial charge in [-0.3, -0.25) is 9.69 Å². The van der Waals surface area contributed by atoms with Gasteiger partial charge in [-0.15, -0.1) is 0 Å². The quantitative estimate of drug-likeness (QED) is 0.420. The zero-order valence-corrected chi connectivity index (χ0v) is 21.3. The number of aromatic nitrogens is 3. The van der Waals surface area contributed by atoms with Crippen LogP contribution in [0.15, 0.2) is 67.0 Å². The monoisotopic (exact) mass is 494 g/mol. The molecule has 1 fully saturated rings. The summed E-state index contributed by atoms with van der Waals surface area (Å²) in [6, 6.07) is 20.8. The SMILES string of the molecule is O=C(NCc1ccccc1)c1c2n(c3c(N4CCN(CCc5ccccc5)CC4)ncnc13)CCCC2. The fraction of sp³-hybridized carbons (Fsp3) is 0.367. The topological polar surface area (TPSA) is 66.3 Å². The fourth-order valence-electron chi connectivity index (χ4n) is 5.73. The fourth-order valence-corrected chi connectivity index (χ4v) is 5.73. The summed E-state index contributed by atoms with van der Waals surface area (Å²) in [7, 11) is 0. The van der Waals surface area contributed by atoms with Crippen LogP contribution in [0.1, 0.15) is 40.0 Å². The number of carbonyl (C=O) groups is 1. The van der Waals surface area contributed by atoms with Crippen molar-refractivity contribution in [3.8, 4) is 0 Å². The lowest BCUT2D eigenvalue weighted by atomic mass is 10.1. The van der Waals surface area contributed by atoms with Crippen LogP contribution in [0.25, 0.3) is 11.0 Å². The molecule has 1 saturated heterocycles. The van der Waals surface area contributed by atoms with Gasteiger partial charge >= 0.3 is 0 Å². The molecule has 0 unspecified atom stereocenters. The maximum atomic E-state index is 13.5. The molecule has 1 amide bonds. The predicted molar refractivity (Wildman–Crippen MR) is 147 cm³/mol. The molecular weight excluding hydrogens is 460 g/mol. The second-order valence-electron chi connectivity index (χ2n) is 10.1. The van der Waals surface area contributed by atoms with Crippen molar-refractivity contribution in [2.75, 3.05) is 37.6 Å². The van der Waals surface area contributed by atoms with Gasteiger partial charge in [-0.2, -0.15) is 0 Å². The second-order valence-corrected chi connectivity index (χ2v) is 10.1. The number of benzene rings is 2. The Morgan fingerprint density at radius 1 is 0.838 bits per heavy atom. The third kappa shape index (κ3) is 4.96. The molecule has 0 radical (unpaired) electrons. The first-order valence-electron chi connectivity index (χ1n) is 13.5. The first kappa shape index (κ1) is 23.7. The Morgan fingerprint density at radius 3 is 2.32 bits per heavy atom. The van der Waals surface area contributed by atoms with E-state index in [2.05, 4.69) is 55.0 Å². The van der Waals surface area contributed by atoms with Crippen LogP contribution in [0, 0.1) is 0 Å². The lowest BCUT2D eigenvalue weighted by Crippen LogP contribution is -2.47. The van der Waals surface area contributed by atoms with Crippen LogP contribution in [-0.4, -0.2) is 58.1 Å². The van der Waals surface area contributed by atoms with Crippen molar-refractivity contribution in [2.24, 2.45) is 0 Å². The highest BCUT2D eigenvalue weighted by atomic mass is 16.1. The zero-order chi connectivity index (χ0) is 25.0. The second kappa shape index (κ2) is 10.7. The molecule has 0 bridgehead atoms. The van der Waals surface area contributed by atoms with Gasteiger partial charge < -0.3 is 14.8 Å². The standard InChI is InChI=1S/C30H34N6O/c37-30(31-21-24-11-5-2-6-12-24)26-25-13-7-8-15-36(25)28-27(26)32-22-33-29(28)35-19-17-34(18-20-35)16-14-23-9-3-1-4-10-23/h1-6,9-12,22H,7-8,13-21H2,(H,31,37). The van der Waals surface area contributed by atoms with E-state index in [-0.39, 0.29) is 5.91 Å². The number of hydrogen-bond donors (Lipinski definition) is 1. The highest BCUT2D eigenvalue weighted by molar-refractivity contribution is 6.09. The highest BCUT2D eigenvalue weighted by Gasteiger charge is 2.29. The van der Waals surface area contributed by atoms with E-state index >= 15 is 0 Å². The number of amides is 1. The smallest absolute Gasteiger partial charge is 0.255 e. The van der Waals surface area contributed by atoms with Crippen molar-refractivity contribution in [1.29, 1.82) is 0 Å². The van der Waals surface area contributed by atoms with Gasteiger partial charge in [0.15, 0.2) is 5.82 Å². The predicted octanol–water partition coefficient (Wildman–Crippen LogP) is 4.06. The minimum absolute atomic E-state index is 0.0418. The van der Waals surface area contributed by atoms with Crippen molar-refractivity contribution in [1.82, 2.24) is 24.8 Å². The number of fused-ring (bicyclic) bond motifs is 3. The van der Waals surface area contributed by atoms with Crippen molar-refractivity contribution >= 4 is 22.8 Å². The van der Waals surface area contributed by atoms with Gasteiger partial charge in [0.25, 0.3) is 5.91 Å².